The van der Waals surface area contributed by atoms with E-state index in [4.69, 9.17) is 8.83 Å². The Kier molecular flexibility index (Phi) is 4.55. The summed E-state index contributed by atoms with van der Waals surface area (Å²) in [6, 6.07) is 39.9. The summed E-state index contributed by atoms with van der Waals surface area (Å²) in [6.45, 7) is 0. The van der Waals surface area contributed by atoms with Gasteiger partial charge in [-0.25, -0.2) is 0 Å². The number of nitrogens with zero attached hydrogens (tertiary/aromatic N) is 3. The van der Waals surface area contributed by atoms with Gasteiger partial charge in [-0.2, -0.15) is 0 Å². The Labute approximate surface area is 233 Å². The van der Waals surface area contributed by atoms with Gasteiger partial charge in [0.15, 0.2) is 11.2 Å². The highest BCUT2D eigenvalue weighted by Crippen LogP contribution is 2.41. The maximum Gasteiger partial charge on any atom is 0.153 e. The molecule has 0 radical (unpaired) electrons. The standard InChI is InChI=1S/C36H21N3O2/c1-2-6-27-22(5-1)9-10-23-11-12-24(19-30(23)27)39(25-13-15-28-33(20-25)40-31-7-3-17-37-35(28)31)26-14-16-29-34(21-26)41-32-8-4-18-38-36(29)32/h1-21H. The van der Waals surface area contributed by atoms with Gasteiger partial charge in [0.1, 0.15) is 22.2 Å². The largest absolute Gasteiger partial charge is 0.454 e. The number of benzene rings is 5. The summed E-state index contributed by atoms with van der Waals surface area (Å²) in [5.74, 6) is 0. The highest BCUT2D eigenvalue weighted by molar-refractivity contribution is 6.10. The third-order valence-corrected chi connectivity index (χ3v) is 7.93. The van der Waals surface area contributed by atoms with E-state index in [1.807, 2.05) is 24.3 Å². The molecule has 9 rings (SSSR count). The second-order valence-corrected chi connectivity index (χ2v) is 10.3. The fourth-order valence-electron chi connectivity index (χ4n) is 6.02. The quantitative estimate of drug-likeness (QED) is 0.214. The predicted molar refractivity (Wildman–Crippen MR) is 166 cm³/mol. The number of rotatable bonds is 3. The third kappa shape index (κ3) is 3.36. The van der Waals surface area contributed by atoms with Crippen LogP contribution in [0.5, 0.6) is 0 Å². The molecule has 0 aliphatic carbocycles. The Balaban J connectivity index is 1.30. The molecule has 192 valence electrons. The first-order valence-corrected chi connectivity index (χ1v) is 13.6. The molecular weight excluding hydrogens is 506 g/mol. The molecule has 5 heteroatoms. The third-order valence-electron chi connectivity index (χ3n) is 7.93. The van der Waals surface area contributed by atoms with Gasteiger partial charge < -0.3 is 13.7 Å². The van der Waals surface area contributed by atoms with E-state index < -0.39 is 0 Å². The van der Waals surface area contributed by atoms with Gasteiger partial charge >= 0.3 is 0 Å². The Bertz CT molecular complexity index is 2340. The van der Waals surface area contributed by atoms with E-state index in [0.29, 0.717) is 0 Å². The van der Waals surface area contributed by atoms with Crippen LogP contribution in [-0.2, 0) is 0 Å². The van der Waals surface area contributed by atoms with Gasteiger partial charge in [-0.3, -0.25) is 9.97 Å². The predicted octanol–water partition coefficient (Wildman–Crippen LogP) is 10.1. The molecule has 5 nitrogen and oxygen atoms in total. The highest BCUT2D eigenvalue weighted by Gasteiger charge is 2.18. The zero-order valence-corrected chi connectivity index (χ0v) is 21.8. The second-order valence-electron chi connectivity index (χ2n) is 10.3. The summed E-state index contributed by atoms with van der Waals surface area (Å²) in [6.07, 6.45) is 3.60. The number of furan rings is 2. The lowest BCUT2D eigenvalue weighted by Crippen LogP contribution is -2.09. The van der Waals surface area contributed by atoms with E-state index in [-0.39, 0.29) is 0 Å². The minimum Gasteiger partial charge on any atom is -0.454 e. The van der Waals surface area contributed by atoms with Crippen molar-refractivity contribution >= 4 is 82.7 Å². The zero-order valence-electron chi connectivity index (χ0n) is 21.8. The molecular formula is C36H21N3O2. The van der Waals surface area contributed by atoms with Crippen molar-refractivity contribution in [2.24, 2.45) is 0 Å². The Morgan fingerprint density at radius 2 is 0.951 bits per heavy atom. The summed E-state index contributed by atoms with van der Waals surface area (Å²) >= 11 is 0. The van der Waals surface area contributed by atoms with Crippen molar-refractivity contribution in [1.82, 2.24) is 9.97 Å². The summed E-state index contributed by atoms with van der Waals surface area (Å²) < 4.78 is 12.5. The number of hydrogen-bond acceptors (Lipinski definition) is 5. The van der Waals surface area contributed by atoms with Crippen LogP contribution in [-0.4, -0.2) is 9.97 Å². The molecule has 0 aliphatic rings. The van der Waals surface area contributed by atoms with Crippen LogP contribution in [0, 0.1) is 0 Å². The van der Waals surface area contributed by atoms with E-state index in [0.717, 1.165) is 61.2 Å². The molecule has 0 spiro atoms. The average Bonchev–Trinajstić information content (AvgIpc) is 3.58. The zero-order chi connectivity index (χ0) is 26.9. The molecule has 0 saturated heterocycles. The summed E-state index contributed by atoms with van der Waals surface area (Å²) in [5, 5.41) is 6.83. The second kappa shape index (κ2) is 8.41. The van der Waals surface area contributed by atoms with Gasteiger partial charge in [-0.15, -0.1) is 0 Å². The number of pyridine rings is 2. The maximum absolute atomic E-state index is 6.24. The van der Waals surface area contributed by atoms with Crippen molar-refractivity contribution in [3.05, 3.63) is 128 Å². The Morgan fingerprint density at radius 1 is 0.415 bits per heavy atom. The minimum absolute atomic E-state index is 0.777. The Morgan fingerprint density at radius 3 is 1.61 bits per heavy atom. The molecule has 4 heterocycles. The Hall–Kier alpha value is -5.68. The topological polar surface area (TPSA) is 55.3 Å². The van der Waals surface area contributed by atoms with Crippen molar-refractivity contribution in [3.63, 3.8) is 0 Å². The van der Waals surface area contributed by atoms with Crippen molar-refractivity contribution in [3.8, 4) is 0 Å². The van der Waals surface area contributed by atoms with Crippen LogP contribution in [0.2, 0.25) is 0 Å². The molecule has 0 amide bonds. The van der Waals surface area contributed by atoms with Crippen LogP contribution in [0.25, 0.3) is 65.7 Å². The van der Waals surface area contributed by atoms with E-state index >= 15 is 0 Å². The van der Waals surface area contributed by atoms with Crippen LogP contribution < -0.4 is 4.90 Å². The molecule has 0 atom stereocenters. The van der Waals surface area contributed by atoms with Crippen LogP contribution in [0.4, 0.5) is 17.1 Å². The van der Waals surface area contributed by atoms with Crippen molar-refractivity contribution in [2.45, 2.75) is 0 Å². The van der Waals surface area contributed by atoms with Crippen molar-refractivity contribution in [2.75, 3.05) is 4.90 Å². The van der Waals surface area contributed by atoms with Gasteiger partial charge in [0.05, 0.1) is 0 Å². The first kappa shape index (κ1) is 22.2. The van der Waals surface area contributed by atoms with E-state index in [1.165, 1.54) is 21.5 Å². The van der Waals surface area contributed by atoms with Crippen LogP contribution in [0.1, 0.15) is 0 Å². The number of hydrogen-bond donors (Lipinski definition) is 0. The summed E-state index contributed by atoms with van der Waals surface area (Å²) in [5.41, 5.74) is 7.87. The fourth-order valence-corrected chi connectivity index (χ4v) is 6.02. The van der Waals surface area contributed by atoms with E-state index in [2.05, 4.69) is 106 Å². The maximum atomic E-state index is 6.24. The molecule has 0 fully saturated rings. The molecule has 0 bridgehead atoms. The van der Waals surface area contributed by atoms with Crippen LogP contribution in [0.15, 0.2) is 136 Å². The highest BCUT2D eigenvalue weighted by atomic mass is 16.3. The molecule has 0 saturated carbocycles. The molecule has 5 aromatic carbocycles. The minimum atomic E-state index is 0.777. The van der Waals surface area contributed by atoms with Crippen molar-refractivity contribution < 1.29 is 8.83 Å². The lowest BCUT2D eigenvalue weighted by atomic mass is 10.0. The summed E-state index contributed by atoms with van der Waals surface area (Å²) in [7, 11) is 0. The number of anilines is 3. The monoisotopic (exact) mass is 527 g/mol. The SMILES string of the molecule is c1ccc2c(c1)ccc1ccc(N(c3ccc4c(c3)oc3cccnc34)c3ccc4c(c3)oc3cccnc34)cc12. The van der Waals surface area contributed by atoms with E-state index in [9.17, 15) is 0 Å². The smallest absolute Gasteiger partial charge is 0.153 e. The normalized spacial score (nSPS) is 11.9. The molecule has 41 heavy (non-hydrogen) atoms. The molecule has 0 N–H and O–H groups in total. The molecule has 4 aromatic heterocycles. The molecule has 0 aliphatic heterocycles. The van der Waals surface area contributed by atoms with Gasteiger partial charge in [-0.1, -0.05) is 42.5 Å². The number of aromatic nitrogens is 2. The average molecular weight is 528 g/mol. The van der Waals surface area contributed by atoms with E-state index in [1.54, 1.807) is 12.4 Å². The molecule has 9 aromatic rings. The first-order chi connectivity index (χ1) is 20.3. The van der Waals surface area contributed by atoms with Gasteiger partial charge in [0, 0.05) is 52.4 Å². The van der Waals surface area contributed by atoms with Gasteiger partial charge in [-0.05, 0) is 82.2 Å². The van der Waals surface area contributed by atoms with Crippen molar-refractivity contribution in [1.29, 1.82) is 0 Å². The summed E-state index contributed by atoms with van der Waals surface area (Å²) in [4.78, 5) is 11.4. The number of fused-ring (bicyclic) bond motifs is 9. The van der Waals surface area contributed by atoms with Gasteiger partial charge in [0.2, 0.25) is 0 Å². The fraction of sp³-hybridized carbons (Fsp3) is 0. The lowest BCUT2D eigenvalue weighted by molar-refractivity contribution is 0.668. The lowest BCUT2D eigenvalue weighted by Gasteiger charge is -2.26. The van der Waals surface area contributed by atoms with Gasteiger partial charge in [0.25, 0.3) is 0 Å². The molecule has 0 unspecified atom stereocenters. The van der Waals surface area contributed by atoms with Crippen LogP contribution >= 0.6 is 0 Å². The van der Waals surface area contributed by atoms with Crippen LogP contribution in [0.3, 0.4) is 0 Å². The first-order valence-electron chi connectivity index (χ1n) is 13.6.